The zero-order chi connectivity index (χ0) is 16.4. The van der Waals surface area contributed by atoms with Crippen molar-refractivity contribution in [1.29, 1.82) is 0 Å². The van der Waals surface area contributed by atoms with E-state index in [1.165, 1.54) is 18.4 Å². The molecule has 2 fully saturated rings. The molecule has 1 aliphatic carbocycles. The molecule has 3 heterocycles. The van der Waals surface area contributed by atoms with E-state index in [1.807, 2.05) is 12.3 Å². The summed E-state index contributed by atoms with van der Waals surface area (Å²) in [4.78, 5) is 8.99. The van der Waals surface area contributed by atoms with Gasteiger partial charge in [-0.05, 0) is 25.2 Å². The SMILES string of the molecule is CCCCc1nc(-c2cc(OCC3COC3)c(C3CC3)cn2)no1. The normalized spacial score (nSPS) is 17.7. The van der Waals surface area contributed by atoms with E-state index in [0.29, 0.717) is 35.9 Å². The molecule has 6 heteroatoms. The zero-order valence-corrected chi connectivity index (χ0v) is 14.0. The minimum absolute atomic E-state index is 0.500. The Kier molecular flexibility index (Phi) is 4.47. The van der Waals surface area contributed by atoms with Crippen molar-refractivity contribution >= 4 is 0 Å². The Balaban J connectivity index is 1.53. The van der Waals surface area contributed by atoms with Gasteiger partial charge in [-0.15, -0.1) is 0 Å². The van der Waals surface area contributed by atoms with Crippen LogP contribution in [-0.4, -0.2) is 34.9 Å². The predicted octanol–water partition coefficient (Wildman–Crippen LogP) is 3.38. The number of aromatic nitrogens is 3. The molecular formula is C18H23N3O3. The van der Waals surface area contributed by atoms with Gasteiger partial charge in [0.15, 0.2) is 0 Å². The van der Waals surface area contributed by atoms with Gasteiger partial charge in [0, 0.05) is 30.2 Å². The van der Waals surface area contributed by atoms with Crippen LogP contribution < -0.4 is 4.74 Å². The van der Waals surface area contributed by atoms with Gasteiger partial charge in [0.05, 0.1) is 19.8 Å². The maximum absolute atomic E-state index is 6.07. The van der Waals surface area contributed by atoms with E-state index in [0.717, 1.165) is 38.2 Å². The predicted molar refractivity (Wildman–Crippen MR) is 87.9 cm³/mol. The number of nitrogens with zero attached hydrogens (tertiary/aromatic N) is 3. The van der Waals surface area contributed by atoms with Gasteiger partial charge in [0.25, 0.3) is 0 Å². The third kappa shape index (κ3) is 3.43. The molecule has 0 aromatic carbocycles. The highest BCUT2D eigenvalue weighted by Crippen LogP contribution is 2.44. The van der Waals surface area contributed by atoms with Crippen LogP contribution in [0.3, 0.4) is 0 Å². The summed E-state index contributed by atoms with van der Waals surface area (Å²) in [7, 11) is 0. The second kappa shape index (κ2) is 6.89. The fourth-order valence-electron chi connectivity index (χ4n) is 2.77. The molecule has 0 amide bonds. The molecular weight excluding hydrogens is 306 g/mol. The van der Waals surface area contributed by atoms with Crippen molar-refractivity contribution in [2.24, 2.45) is 5.92 Å². The Labute approximate surface area is 141 Å². The van der Waals surface area contributed by atoms with Gasteiger partial charge in [-0.2, -0.15) is 4.98 Å². The molecule has 0 radical (unpaired) electrons. The largest absolute Gasteiger partial charge is 0.493 e. The summed E-state index contributed by atoms with van der Waals surface area (Å²) in [5, 5.41) is 4.07. The van der Waals surface area contributed by atoms with Crippen molar-refractivity contribution in [2.45, 2.75) is 44.9 Å². The highest BCUT2D eigenvalue weighted by atomic mass is 16.5. The van der Waals surface area contributed by atoms with Crippen LogP contribution in [0.5, 0.6) is 5.75 Å². The Morgan fingerprint density at radius 1 is 1.29 bits per heavy atom. The van der Waals surface area contributed by atoms with E-state index >= 15 is 0 Å². The first-order valence-corrected chi connectivity index (χ1v) is 8.87. The molecule has 0 spiro atoms. The van der Waals surface area contributed by atoms with E-state index in [1.54, 1.807) is 0 Å². The van der Waals surface area contributed by atoms with Crippen LogP contribution in [0, 0.1) is 5.92 Å². The molecule has 1 saturated carbocycles. The standard InChI is InChI=1S/C18H23N3O3/c1-2-3-4-17-20-18(21-24-17)15-7-16(23-11-12-9-22-10-12)14(8-19-15)13-5-6-13/h7-8,12-13H,2-6,9-11H2,1H3. The summed E-state index contributed by atoms with van der Waals surface area (Å²) in [6, 6.07) is 1.96. The molecule has 1 aliphatic heterocycles. The Morgan fingerprint density at radius 3 is 2.88 bits per heavy atom. The number of ether oxygens (including phenoxy) is 2. The van der Waals surface area contributed by atoms with Crippen molar-refractivity contribution in [3.8, 4) is 17.3 Å². The summed E-state index contributed by atoms with van der Waals surface area (Å²) in [6.07, 6.45) is 7.32. The summed E-state index contributed by atoms with van der Waals surface area (Å²) in [5.74, 6) is 3.22. The number of hydrogen-bond acceptors (Lipinski definition) is 6. The van der Waals surface area contributed by atoms with Crippen LogP contribution in [0.1, 0.15) is 50.0 Å². The van der Waals surface area contributed by atoms with Crippen molar-refractivity contribution in [3.05, 3.63) is 23.7 Å². The molecule has 0 atom stereocenters. The summed E-state index contributed by atoms with van der Waals surface area (Å²) in [6.45, 7) is 4.42. The van der Waals surface area contributed by atoms with Gasteiger partial charge in [-0.1, -0.05) is 18.5 Å². The number of pyridine rings is 1. The second-order valence-corrected chi connectivity index (χ2v) is 6.71. The second-order valence-electron chi connectivity index (χ2n) is 6.71. The number of rotatable bonds is 8. The van der Waals surface area contributed by atoms with E-state index in [4.69, 9.17) is 14.0 Å². The van der Waals surface area contributed by atoms with Crippen molar-refractivity contribution in [3.63, 3.8) is 0 Å². The average Bonchev–Trinajstić information content (AvgIpc) is 3.29. The van der Waals surface area contributed by atoms with Crippen LogP contribution in [0.25, 0.3) is 11.5 Å². The van der Waals surface area contributed by atoms with Crippen LogP contribution >= 0.6 is 0 Å². The van der Waals surface area contributed by atoms with Crippen LogP contribution in [-0.2, 0) is 11.2 Å². The van der Waals surface area contributed by atoms with E-state index < -0.39 is 0 Å². The smallest absolute Gasteiger partial charge is 0.227 e. The number of unbranched alkanes of at least 4 members (excludes halogenated alkanes) is 1. The first-order chi connectivity index (χ1) is 11.8. The Hall–Kier alpha value is -1.95. The van der Waals surface area contributed by atoms with E-state index in [2.05, 4.69) is 22.0 Å². The molecule has 0 N–H and O–H groups in total. The quantitative estimate of drug-likeness (QED) is 0.739. The summed E-state index contributed by atoms with van der Waals surface area (Å²) < 4.78 is 16.6. The molecule has 2 aromatic rings. The lowest BCUT2D eigenvalue weighted by atomic mass is 10.1. The third-order valence-electron chi connectivity index (χ3n) is 4.54. The fourth-order valence-corrected chi connectivity index (χ4v) is 2.77. The zero-order valence-electron chi connectivity index (χ0n) is 14.0. The number of hydrogen-bond donors (Lipinski definition) is 0. The van der Waals surface area contributed by atoms with Crippen LogP contribution in [0.4, 0.5) is 0 Å². The van der Waals surface area contributed by atoms with Crippen molar-refractivity contribution in [1.82, 2.24) is 15.1 Å². The Bertz CT molecular complexity index is 693. The maximum Gasteiger partial charge on any atom is 0.227 e. The summed E-state index contributed by atoms with van der Waals surface area (Å²) in [5.41, 5.74) is 1.92. The topological polar surface area (TPSA) is 70.3 Å². The Morgan fingerprint density at radius 2 is 2.17 bits per heavy atom. The molecule has 2 aliphatic rings. The van der Waals surface area contributed by atoms with Gasteiger partial charge in [-0.25, -0.2) is 0 Å². The number of aryl methyl sites for hydroxylation is 1. The van der Waals surface area contributed by atoms with Gasteiger partial charge in [0.2, 0.25) is 11.7 Å². The molecule has 6 nitrogen and oxygen atoms in total. The van der Waals surface area contributed by atoms with Gasteiger partial charge < -0.3 is 14.0 Å². The summed E-state index contributed by atoms with van der Waals surface area (Å²) >= 11 is 0. The third-order valence-corrected chi connectivity index (χ3v) is 4.54. The van der Waals surface area contributed by atoms with E-state index in [9.17, 15) is 0 Å². The van der Waals surface area contributed by atoms with Crippen LogP contribution in [0.2, 0.25) is 0 Å². The molecule has 1 saturated heterocycles. The minimum Gasteiger partial charge on any atom is -0.493 e. The van der Waals surface area contributed by atoms with E-state index in [-0.39, 0.29) is 0 Å². The highest BCUT2D eigenvalue weighted by molar-refractivity contribution is 5.54. The maximum atomic E-state index is 6.07. The monoisotopic (exact) mass is 329 g/mol. The highest BCUT2D eigenvalue weighted by Gasteiger charge is 2.29. The first kappa shape index (κ1) is 15.6. The van der Waals surface area contributed by atoms with Crippen molar-refractivity contribution in [2.75, 3.05) is 19.8 Å². The fraction of sp³-hybridized carbons (Fsp3) is 0.611. The molecule has 2 aromatic heterocycles. The molecule has 24 heavy (non-hydrogen) atoms. The lowest BCUT2D eigenvalue weighted by Crippen LogP contribution is -2.32. The molecule has 4 rings (SSSR count). The molecule has 128 valence electrons. The first-order valence-electron chi connectivity index (χ1n) is 8.87. The van der Waals surface area contributed by atoms with Crippen molar-refractivity contribution < 1.29 is 14.0 Å². The lowest BCUT2D eigenvalue weighted by Gasteiger charge is -2.26. The molecule has 0 unspecified atom stereocenters. The molecule has 0 bridgehead atoms. The lowest BCUT2D eigenvalue weighted by molar-refractivity contribution is -0.0509. The van der Waals surface area contributed by atoms with Gasteiger partial charge in [0.1, 0.15) is 11.4 Å². The van der Waals surface area contributed by atoms with Gasteiger partial charge >= 0.3 is 0 Å². The average molecular weight is 329 g/mol. The van der Waals surface area contributed by atoms with Gasteiger partial charge in [-0.3, -0.25) is 4.98 Å². The van der Waals surface area contributed by atoms with Crippen LogP contribution in [0.15, 0.2) is 16.8 Å². The minimum atomic E-state index is 0.500.